The van der Waals surface area contributed by atoms with Crippen LogP contribution in [0, 0.1) is 0 Å². The van der Waals surface area contributed by atoms with Gasteiger partial charge in [-0.25, -0.2) is 4.98 Å². The van der Waals surface area contributed by atoms with Gasteiger partial charge in [-0.3, -0.25) is 14.7 Å². The van der Waals surface area contributed by atoms with E-state index in [4.69, 9.17) is 4.74 Å². The molecule has 0 spiro atoms. The molecule has 3 aromatic rings. The van der Waals surface area contributed by atoms with E-state index in [0.29, 0.717) is 43.3 Å². The summed E-state index contributed by atoms with van der Waals surface area (Å²) in [4.78, 5) is 29.5. The van der Waals surface area contributed by atoms with Crippen molar-refractivity contribution in [3.05, 3.63) is 53.2 Å². The average Bonchev–Trinajstić information content (AvgIpc) is 3.40. The molecule has 9 heteroatoms. The number of nitrogens with zero attached hydrogens (tertiary/aromatic N) is 2. The highest BCUT2D eigenvalue weighted by Gasteiger charge is 2.13. The van der Waals surface area contributed by atoms with Crippen molar-refractivity contribution in [1.29, 1.82) is 0 Å². The molecule has 2 amide bonds. The Labute approximate surface area is 166 Å². The maximum atomic E-state index is 12.2. The summed E-state index contributed by atoms with van der Waals surface area (Å²) >= 11 is 1.57. The first-order valence-electron chi connectivity index (χ1n) is 8.92. The number of hydrogen-bond donors (Lipinski definition) is 3. The van der Waals surface area contributed by atoms with Crippen molar-refractivity contribution in [2.24, 2.45) is 0 Å². The number of nitrogens with one attached hydrogen (secondary N) is 3. The van der Waals surface area contributed by atoms with Gasteiger partial charge < -0.3 is 15.4 Å². The number of aromatic amines is 1. The van der Waals surface area contributed by atoms with Gasteiger partial charge in [0.1, 0.15) is 5.56 Å². The van der Waals surface area contributed by atoms with Gasteiger partial charge in [-0.2, -0.15) is 5.10 Å². The Bertz CT molecular complexity index is 923. The minimum Gasteiger partial charge on any atom is -0.477 e. The van der Waals surface area contributed by atoms with Crippen LogP contribution in [0.3, 0.4) is 0 Å². The number of H-pyrrole nitrogens is 1. The number of hydrogen-bond acceptors (Lipinski definition) is 6. The lowest BCUT2D eigenvalue weighted by Crippen LogP contribution is -2.30. The summed E-state index contributed by atoms with van der Waals surface area (Å²) in [6, 6.07) is 8.98. The van der Waals surface area contributed by atoms with Crippen LogP contribution in [0.2, 0.25) is 0 Å². The van der Waals surface area contributed by atoms with E-state index in [9.17, 15) is 9.59 Å². The van der Waals surface area contributed by atoms with E-state index in [0.717, 1.165) is 10.6 Å². The fourth-order valence-corrected chi connectivity index (χ4v) is 3.18. The lowest BCUT2D eigenvalue weighted by Gasteiger charge is -2.09. The molecule has 0 aromatic carbocycles. The van der Waals surface area contributed by atoms with Crippen molar-refractivity contribution < 1.29 is 14.3 Å². The zero-order valence-corrected chi connectivity index (χ0v) is 16.2. The maximum Gasteiger partial charge on any atom is 0.271 e. The van der Waals surface area contributed by atoms with Crippen molar-refractivity contribution >= 4 is 23.2 Å². The molecule has 28 heavy (non-hydrogen) atoms. The Morgan fingerprint density at radius 2 is 2.00 bits per heavy atom. The van der Waals surface area contributed by atoms with Crippen LogP contribution in [0.15, 0.2) is 41.9 Å². The van der Waals surface area contributed by atoms with E-state index in [2.05, 4.69) is 25.8 Å². The van der Waals surface area contributed by atoms with Crippen LogP contribution in [0.25, 0.3) is 10.6 Å². The first-order valence-corrected chi connectivity index (χ1v) is 9.80. The molecule has 0 atom stereocenters. The molecule has 3 aromatic heterocycles. The standard InChI is InChI=1S/C19H21N5O3S/c1-2-27-19-13(6-3-8-22-19)17(25)20-9-5-10-21-18(26)15-12-14(23-24-15)16-7-4-11-28-16/h3-4,6-8,11-12H,2,5,9-10H2,1H3,(H,20,25)(H,21,26)(H,23,24). The molecule has 0 aliphatic heterocycles. The van der Waals surface area contributed by atoms with Gasteiger partial charge in [-0.05, 0) is 43.0 Å². The summed E-state index contributed by atoms with van der Waals surface area (Å²) in [5.74, 6) is -0.192. The molecule has 8 nitrogen and oxygen atoms in total. The number of pyridine rings is 1. The molecule has 3 N–H and O–H groups in total. The SMILES string of the molecule is CCOc1ncccc1C(=O)NCCCNC(=O)c1cc(-c2cccs2)[nH]n1. The zero-order valence-electron chi connectivity index (χ0n) is 15.4. The van der Waals surface area contributed by atoms with Crippen LogP contribution >= 0.6 is 11.3 Å². The van der Waals surface area contributed by atoms with E-state index in [-0.39, 0.29) is 11.8 Å². The molecule has 146 valence electrons. The van der Waals surface area contributed by atoms with Gasteiger partial charge in [0.2, 0.25) is 5.88 Å². The Balaban J connectivity index is 1.41. The normalized spacial score (nSPS) is 10.5. The van der Waals surface area contributed by atoms with E-state index in [1.54, 1.807) is 35.7 Å². The second kappa shape index (κ2) is 9.65. The van der Waals surface area contributed by atoms with Gasteiger partial charge in [0.05, 0.1) is 17.2 Å². The molecule has 3 heterocycles. The number of ether oxygens (including phenoxy) is 1. The van der Waals surface area contributed by atoms with Crippen molar-refractivity contribution in [2.45, 2.75) is 13.3 Å². The molecule has 0 unspecified atom stereocenters. The summed E-state index contributed by atoms with van der Waals surface area (Å²) in [6.45, 7) is 3.11. The minimum absolute atomic E-state index is 0.253. The maximum absolute atomic E-state index is 12.2. The molecule has 3 rings (SSSR count). The molecule has 0 saturated carbocycles. The first-order chi connectivity index (χ1) is 13.7. The predicted molar refractivity (Wildman–Crippen MR) is 107 cm³/mol. The number of amides is 2. The molecule has 0 radical (unpaired) electrons. The summed E-state index contributed by atoms with van der Waals surface area (Å²) in [5.41, 5.74) is 1.55. The Kier molecular flexibility index (Phi) is 6.74. The molecule has 0 aliphatic rings. The fourth-order valence-electron chi connectivity index (χ4n) is 2.49. The van der Waals surface area contributed by atoms with Crippen LogP contribution in [0.5, 0.6) is 5.88 Å². The third-order valence-corrected chi connectivity index (χ3v) is 4.72. The summed E-state index contributed by atoms with van der Waals surface area (Å²) < 4.78 is 5.36. The number of carbonyl (C=O) groups excluding carboxylic acids is 2. The second-order valence-corrected chi connectivity index (χ2v) is 6.75. The number of rotatable bonds is 9. The van der Waals surface area contributed by atoms with Crippen LogP contribution in [-0.2, 0) is 0 Å². The first kappa shape index (κ1) is 19.6. The monoisotopic (exact) mass is 399 g/mol. The highest BCUT2D eigenvalue weighted by atomic mass is 32.1. The Morgan fingerprint density at radius 3 is 2.75 bits per heavy atom. The van der Waals surface area contributed by atoms with Crippen LogP contribution < -0.4 is 15.4 Å². The smallest absolute Gasteiger partial charge is 0.271 e. The average molecular weight is 399 g/mol. The quantitative estimate of drug-likeness (QED) is 0.479. The van der Waals surface area contributed by atoms with Gasteiger partial charge >= 0.3 is 0 Å². The fraction of sp³-hybridized carbons (Fsp3) is 0.263. The Morgan fingerprint density at radius 1 is 1.18 bits per heavy atom. The van der Waals surface area contributed by atoms with Gasteiger partial charge in [-0.15, -0.1) is 11.3 Å². The van der Waals surface area contributed by atoms with E-state index < -0.39 is 0 Å². The van der Waals surface area contributed by atoms with Crippen LogP contribution in [0.4, 0.5) is 0 Å². The minimum atomic E-state index is -0.254. The Hall–Kier alpha value is -3.20. The van der Waals surface area contributed by atoms with Crippen molar-refractivity contribution in [1.82, 2.24) is 25.8 Å². The van der Waals surface area contributed by atoms with Gasteiger partial charge in [-0.1, -0.05) is 6.07 Å². The molecular formula is C19H21N5O3S. The van der Waals surface area contributed by atoms with Crippen molar-refractivity contribution in [3.63, 3.8) is 0 Å². The van der Waals surface area contributed by atoms with Gasteiger partial charge in [0.15, 0.2) is 5.69 Å². The lowest BCUT2D eigenvalue weighted by atomic mass is 10.2. The lowest BCUT2D eigenvalue weighted by molar-refractivity contribution is 0.0947. The molecular weight excluding hydrogens is 378 g/mol. The summed E-state index contributed by atoms with van der Waals surface area (Å²) in [6.07, 6.45) is 2.17. The number of aromatic nitrogens is 3. The third kappa shape index (κ3) is 4.95. The summed E-state index contributed by atoms with van der Waals surface area (Å²) in [5, 5.41) is 14.5. The highest BCUT2D eigenvalue weighted by molar-refractivity contribution is 7.13. The number of thiophene rings is 1. The van der Waals surface area contributed by atoms with E-state index >= 15 is 0 Å². The van der Waals surface area contributed by atoms with E-state index in [1.807, 2.05) is 24.4 Å². The van der Waals surface area contributed by atoms with Gasteiger partial charge in [0, 0.05) is 19.3 Å². The predicted octanol–water partition coefficient (Wildman–Crippen LogP) is 2.48. The highest BCUT2D eigenvalue weighted by Crippen LogP contribution is 2.22. The van der Waals surface area contributed by atoms with Crippen molar-refractivity contribution in [2.75, 3.05) is 19.7 Å². The molecule has 0 bridgehead atoms. The second-order valence-electron chi connectivity index (χ2n) is 5.80. The zero-order chi connectivity index (χ0) is 19.8. The van der Waals surface area contributed by atoms with Gasteiger partial charge in [0.25, 0.3) is 11.8 Å². The van der Waals surface area contributed by atoms with Crippen LogP contribution in [-0.4, -0.2) is 46.7 Å². The van der Waals surface area contributed by atoms with Crippen LogP contribution in [0.1, 0.15) is 34.2 Å². The topological polar surface area (TPSA) is 109 Å². The number of carbonyl (C=O) groups is 2. The van der Waals surface area contributed by atoms with Crippen molar-refractivity contribution in [3.8, 4) is 16.5 Å². The largest absolute Gasteiger partial charge is 0.477 e. The van der Waals surface area contributed by atoms with E-state index in [1.165, 1.54) is 0 Å². The molecule has 0 aliphatic carbocycles. The molecule has 0 saturated heterocycles. The molecule has 0 fully saturated rings. The third-order valence-electron chi connectivity index (χ3n) is 3.82. The summed E-state index contributed by atoms with van der Waals surface area (Å²) in [7, 11) is 0.